The Morgan fingerprint density at radius 3 is 2.70 bits per heavy atom. The molecule has 1 N–H and O–H groups in total. The maximum Gasteiger partial charge on any atom is 0.307 e. The second kappa shape index (κ2) is 7.78. The molecule has 2 aromatic carbocycles. The molecule has 4 heteroatoms. The van der Waals surface area contributed by atoms with Gasteiger partial charge in [0.1, 0.15) is 12.4 Å². The van der Waals surface area contributed by atoms with Crippen molar-refractivity contribution in [3.8, 4) is 5.75 Å². The second-order valence-corrected chi connectivity index (χ2v) is 7.20. The van der Waals surface area contributed by atoms with Gasteiger partial charge in [-0.3, -0.25) is 4.79 Å². The third kappa shape index (κ3) is 4.11. The van der Waals surface area contributed by atoms with E-state index in [1.54, 1.807) is 0 Å². The summed E-state index contributed by atoms with van der Waals surface area (Å²) in [5.41, 5.74) is 3.85. The molecule has 1 aliphatic carbocycles. The molecule has 4 nitrogen and oxygen atoms in total. The number of para-hydroxylation sites is 1. The van der Waals surface area contributed by atoms with E-state index in [0.29, 0.717) is 18.3 Å². The largest absolute Gasteiger partial charge is 0.487 e. The van der Waals surface area contributed by atoms with Crippen molar-refractivity contribution in [1.82, 2.24) is 4.98 Å². The van der Waals surface area contributed by atoms with Gasteiger partial charge >= 0.3 is 5.97 Å². The molecule has 0 bridgehead atoms. The number of carboxylic acid groups (broad SMARTS) is 1. The molecule has 1 saturated carbocycles. The predicted octanol–water partition coefficient (Wildman–Crippen LogP) is 5.10. The number of carboxylic acids is 1. The van der Waals surface area contributed by atoms with Crippen LogP contribution in [0, 0.1) is 0 Å². The van der Waals surface area contributed by atoms with Crippen molar-refractivity contribution in [3.63, 3.8) is 0 Å². The first-order valence-electron chi connectivity index (χ1n) is 9.51. The topological polar surface area (TPSA) is 59.4 Å². The minimum Gasteiger partial charge on any atom is -0.487 e. The van der Waals surface area contributed by atoms with E-state index in [0.717, 1.165) is 35.0 Å². The molecule has 0 spiro atoms. The summed E-state index contributed by atoms with van der Waals surface area (Å²) in [6.07, 6.45) is 4.78. The number of aliphatic carboxylic acids is 1. The molecular weight excluding hydrogens is 338 g/mol. The smallest absolute Gasteiger partial charge is 0.307 e. The van der Waals surface area contributed by atoms with Crippen LogP contribution in [0.3, 0.4) is 0 Å². The van der Waals surface area contributed by atoms with E-state index < -0.39 is 5.97 Å². The Hall–Kier alpha value is -2.88. The molecule has 0 aliphatic heterocycles. The average molecular weight is 361 g/mol. The van der Waals surface area contributed by atoms with Crippen LogP contribution in [0.25, 0.3) is 10.9 Å². The first-order chi connectivity index (χ1) is 13.2. The van der Waals surface area contributed by atoms with Gasteiger partial charge < -0.3 is 9.84 Å². The van der Waals surface area contributed by atoms with Gasteiger partial charge in [-0.15, -0.1) is 0 Å². The van der Waals surface area contributed by atoms with E-state index in [1.165, 1.54) is 18.4 Å². The standard InChI is InChI=1S/C23H23NO3/c25-23(26)14-18-13-20(11-12-21(18)16-5-1-2-6-16)27-15-19-10-9-17-7-3-4-8-22(17)24-19/h3-4,7-13,16H,1-2,5-6,14-15H2,(H,25,26). The first kappa shape index (κ1) is 17.5. The molecular formula is C23H23NO3. The molecule has 1 aromatic heterocycles. The number of nitrogens with zero attached hydrogens (tertiary/aromatic N) is 1. The van der Waals surface area contributed by atoms with Crippen LogP contribution >= 0.6 is 0 Å². The molecule has 0 atom stereocenters. The number of fused-ring (bicyclic) bond motifs is 1. The summed E-state index contributed by atoms with van der Waals surface area (Å²) in [6.45, 7) is 0.361. The van der Waals surface area contributed by atoms with Gasteiger partial charge in [-0.25, -0.2) is 4.98 Å². The van der Waals surface area contributed by atoms with Crippen molar-refractivity contribution >= 4 is 16.9 Å². The number of carbonyl (C=O) groups is 1. The van der Waals surface area contributed by atoms with Crippen LogP contribution in [0.4, 0.5) is 0 Å². The van der Waals surface area contributed by atoms with Crippen molar-refractivity contribution in [2.45, 2.75) is 44.6 Å². The normalized spacial score (nSPS) is 14.5. The second-order valence-electron chi connectivity index (χ2n) is 7.20. The van der Waals surface area contributed by atoms with Crippen LogP contribution in [-0.2, 0) is 17.8 Å². The van der Waals surface area contributed by atoms with Gasteiger partial charge in [0.25, 0.3) is 0 Å². The Balaban J connectivity index is 1.52. The molecule has 0 saturated heterocycles. The lowest BCUT2D eigenvalue weighted by Gasteiger charge is -2.16. The molecule has 138 valence electrons. The summed E-state index contributed by atoms with van der Waals surface area (Å²) < 4.78 is 5.93. The molecule has 3 aromatic rings. The number of benzene rings is 2. The highest BCUT2D eigenvalue weighted by molar-refractivity contribution is 5.78. The van der Waals surface area contributed by atoms with Crippen molar-refractivity contribution in [2.24, 2.45) is 0 Å². The van der Waals surface area contributed by atoms with Gasteiger partial charge in [0.15, 0.2) is 0 Å². The Labute approximate surface area is 158 Å². The highest BCUT2D eigenvalue weighted by atomic mass is 16.5. The van der Waals surface area contributed by atoms with Gasteiger partial charge in [0.05, 0.1) is 17.6 Å². The molecule has 0 unspecified atom stereocenters. The Morgan fingerprint density at radius 1 is 1.07 bits per heavy atom. The number of hydrogen-bond donors (Lipinski definition) is 1. The highest BCUT2D eigenvalue weighted by Gasteiger charge is 2.21. The van der Waals surface area contributed by atoms with Crippen LogP contribution in [0.2, 0.25) is 0 Å². The molecule has 0 radical (unpaired) electrons. The van der Waals surface area contributed by atoms with Crippen LogP contribution in [-0.4, -0.2) is 16.1 Å². The van der Waals surface area contributed by atoms with Crippen molar-refractivity contribution < 1.29 is 14.6 Å². The lowest BCUT2D eigenvalue weighted by molar-refractivity contribution is -0.136. The van der Waals surface area contributed by atoms with Gasteiger partial charge in [-0.2, -0.15) is 0 Å². The Morgan fingerprint density at radius 2 is 1.89 bits per heavy atom. The average Bonchev–Trinajstić information content (AvgIpc) is 3.20. The summed E-state index contributed by atoms with van der Waals surface area (Å²) in [5.74, 6) is 0.376. The van der Waals surface area contributed by atoms with Gasteiger partial charge in [-0.05, 0) is 54.2 Å². The number of ether oxygens (including phenoxy) is 1. The lowest BCUT2D eigenvalue weighted by atomic mass is 9.91. The van der Waals surface area contributed by atoms with Gasteiger partial charge in [0.2, 0.25) is 0 Å². The first-order valence-corrected chi connectivity index (χ1v) is 9.51. The zero-order valence-corrected chi connectivity index (χ0v) is 15.2. The van der Waals surface area contributed by atoms with Crippen LogP contribution in [0.5, 0.6) is 5.75 Å². The van der Waals surface area contributed by atoms with E-state index in [-0.39, 0.29) is 6.42 Å². The van der Waals surface area contributed by atoms with Crippen molar-refractivity contribution in [1.29, 1.82) is 0 Å². The maximum absolute atomic E-state index is 11.3. The van der Waals surface area contributed by atoms with E-state index in [4.69, 9.17) is 4.74 Å². The van der Waals surface area contributed by atoms with E-state index in [9.17, 15) is 9.90 Å². The van der Waals surface area contributed by atoms with E-state index in [1.807, 2.05) is 48.5 Å². The minimum atomic E-state index is -0.803. The summed E-state index contributed by atoms with van der Waals surface area (Å²) >= 11 is 0. The summed E-state index contributed by atoms with van der Waals surface area (Å²) in [4.78, 5) is 15.9. The highest BCUT2D eigenvalue weighted by Crippen LogP contribution is 2.37. The monoisotopic (exact) mass is 361 g/mol. The molecule has 4 rings (SSSR count). The van der Waals surface area contributed by atoms with Crippen molar-refractivity contribution in [3.05, 3.63) is 71.4 Å². The summed E-state index contributed by atoms with van der Waals surface area (Å²) in [5, 5.41) is 10.4. The maximum atomic E-state index is 11.3. The van der Waals surface area contributed by atoms with Crippen LogP contribution < -0.4 is 4.74 Å². The van der Waals surface area contributed by atoms with E-state index >= 15 is 0 Å². The third-order valence-corrected chi connectivity index (χ3v) is 5.29. The predicted molar refractivity (Wildman–Crippen MR) is 105 cm³/mol. The minimum absolute atomic E-state index is 0.0389. The Bertz CT molecular complexity index is 961. The van der Waals surface area contributed by atoms with E-state index in [2.05, 4.69) is 11.1 Å². The fourth-order valence-corrected chi connectivity index (χ4v) is 3.97. The quantitative estimate of drug-likeness (QED) is 0.664. The number of pyridine rings is 1. The zero-order chi connectivity index (χ0) is 18.6. The molecule has 1 aliphatic rings. The zero-order valence-electron chi connectivity index (χ0n) is 15.2. The van der Waals surface area contributed by atoms with Crippen LogP contribution in [0.15, 0.2) is 54.6 Å². The number of aromatic nitrogens is 1. The van der Waals surface area contributed by atoms with Gasteiger partial charge in [0, 0.05) is 5.39 Å². The summed E-state index contributed by atoms with van der Waals surface area (Å²) in [7, 11) is 0. The molecule has 27 heavy (non-hydrogen) atoms. The van der Waals surface area contributed by atoms with Crippen molar-refractivity contribution in [2.75, 3.05) is 0 Å². The SMILES string of the molecule is O=C(O)Cc1cc(OCc2ccc3ccccc3n2)ccc1C1CCCC1. The lowest BCUT2D eigenvalue weighted by Crippen LogP contribution is -2.07. The van der Waals surface area contributed by atoms with Gasteiger partial charge in [-0.1, -0.05) is 43.2 Å². The molecule has 1 heterocycles. The Kier molecular flexibility index (Phi) is 5.05. The fraction of sp³-hybridized carbons (Fsp3) is 0.304. The fourth-order valence-electron chi connectivity index (χ4n) is 3.97. The number of hydrogen-bond acceptors (Lipinski definition) is 3. The third-order valence-electron chi connectivity index (χ3n) is 5.29. The summed E-state index contributed by atoms with van der Waals surface area (Å²) in [6, 6.07) is 17.9. The molecule has 0 amide bonds. The molecule has 1 fully saturated rings. The van der Waals surface area contributed by atoms with Crippen LogP contribution in [0.1, 0.15) is 48.4 Å². The number of rotatable bonds is 6.